The molecule has 0 fully saturated rings. The van der Waals surface area contributed by atoms with Gasteiger partial charge >= 0.3 is 0 Å². The number of hydrogen-bond acceptors (Lipinski definition) is 3. The van der Waals surface area contributed by atoms with E-state index < -0.39 is 6.04 Å². The number of carbonyl (C=O) groups excluding carboxylic acids is 1. The van der Waals surface area contributed by atoms with Gasteiger partial charge in [-0.3, -0.25) is 4.79 Å². The third-order valence-corrected chi connectivity index (χ3v) is 2.57. The number of nitrogens with two attached hydrogens (primary N) is 1. The summed E-state index contributed by atoms with van der Waals surface area (Å²) in [5.41, 5.74) is 6.27. The van der Waals surface area contributed by atoms with Gasteiger partial charge in [0, 0.05) is 0 Å². The van der Waals surface area contributed by atoms with Crippen molar-refractivity contribution in [2.75, 3.05) is 13.2 Å². The van der Waals surface area contributed by atoms with E-state index >= 15 is 0 Å². The fourth-order valence-corrected chi connectivity index (χ4v) is 1.65. The Hall–Kier alpha value is -1.55. The van der Waals surface area contributed by atoms with E-state index in [2.05, 4.69) is 12.2 Å². The first-order valence-electron chi connectivity index (χ1n) is 6.44. The lowest BCUT2D eigenvalue weighted by molar-refractivity contribution is -0.120. The SMILES string of the molecule is CCCNC(C(N)=O)c1ccc(OCCC)cc1. The minimum Gasteiger partial charge on any atom is -0.494 e. The van der Waals surface area contributed by atoms with Crippen molar-refractivity contribution in [1.29, 1.82) is 0 Å². The summed E-state index contributed by atoms with van der Waals surface area (Å²) in [6, 6.07) is 7.07. The summed E-state index contributed by atoms with van der Waals surface area (Å²) in [5, 5.41) is 3.13. The van der Waals surface area contributed by atoms with E-state index in [1.807, 2.05) is 31.2 Å². The summed E-state index contributed by atoms with van der Waals surface area (Å²) < 4.78 is 5.49. The Morgan fingerprint density at radius 3 is 2.44 bits per heavy atom. The Balaban J connectivity index is 2.70. The second-order valence-electron chi connectivity index (χ2n) is 4.21. The highest BCUT2D eigenvalue weighted by Gasteiger charge is 2.16. The molecule has 0 radical (unpaired) electrons. The molecule has 100 valence electrons. The van der Waals surface area contributed by atoms with Crippen LogP contribution in [0.5, 0.6) is 5.75 Å². The van der Waals surface area contributed by atoms with Crippen LogP contribution < -0.4 is 15.8 Å². The third-order valence-electron chi connectivity index (χ3n) is 2.57. The maximum Gasteiger partial charge on any atom is 0.239 e. The van der Waals surface area contributed by atoms with Gasteiger partial charge in [-0.15, -0.1) is 0 Å². The topological polar surface area (TPSA) is 64.3 Å². The molecular formula is C14H22N2O2. The molecule has 0 saturated carbocycles. The molecule has 1 aromatic rings. The average Bonchev–Trinajstić information content (AvgIpc) is 2.38. The van der Waals surface area contributed by atoms with E-state index in [4.69, 9.17) is 10.5 Å². The summed E-state index contributed by atoms with van der Waals surface area (Å²) in [6.45, 7) is 5.58. The number of ether oxygens (including phenoxy) is 1. The van der Waals surface area contributed by atoms with Gasteiger partial charge in [0.05, 0.1) is 6.61 Å². The molecule has 0 aliphatic heterocycles. The zero-order chi connectivity index (χ0) is 13.4. The molecule has 0 aromatic heterocycles. The molecule has 1 amide bonds. The second-order valence-corrected chi connectivity index (χ2v) is 4.21. The molecule has 4 heteroatoms. The van der Waals surface area contributed by atoms with Crippen molar-refractivity contribution in [1.82, 2.24) is 5.32 Å². The number of amides is 1. The fraction of sp³-hybridized carbons (Fsp3) is 0.500. The van der Waals surface area contributed by atoms with Crippen LogP contribution in [0.4, 0.5) is 0 Å². The van der Waals surface area contributed by atoms with Gasteiger partial charge < -0.3 is 15.8 Å². The molecule has 1 aromatic carbocycles. The van der Waals surface area contributed by atoms with Crippen molar-refractivity contribution in [2.24, 2.45) is 5.73 Å². The summed E-state index contributed by atoms with van der Waals surface area (Å²) in [5.74, 6) is 0.463. The number of primary amides is 1. The normalized spacial score (nSPS) is 12.1. The highest BCUT2D eigenvalue weighted by atomic mass is 16.5. The Labute approximate surface area is 109 Å². The smallest absolute Gasteiger partial charge is 0.239 e. The van der Waals surface area contributed by atoms with E-state index in [-0.39, 0.29) is 5.91 Å². The largest absolute Gasteiger partial charge is 0.494 e. The first kappa shape index (κ1) is 14.5. The van der Waals surface area contributed by atoms with Gasteiger partial charge in [0.1, 0.15) is 11.8 Å². The lowest BCUT2D eigenvalue weighted by Crippen LogP contribution is -2.34. The van der Waals surface area contributed by atoms with Gasteiger partial charge in [0.15, 0.2) is 0 Å². The molecule has 0 spiro atoms. The molecule has 1 atom stereocenters. The predicted molar refractivity (Wildman–Crippen MR) is 72.5 cm³/mol. The van der Waals surface area contributed by atoms with Gasteiger partial charge in [-0.2, -0.15) is 0 Å². The van der Waals surface area contributed by atoms with E-state index in [0.717, 1.165) is 30.7 Å². The van der Waals surface area contributed by atoms with Crippen molar-refractivity contribution >= 4 is 5.91 Å². The molecular weight excluding hydrogens is 228 g/mol. The lowest BCUT2D eigenvalue weighted by Gasteiger charge is -2.15. The van der Waals surface area contributed by atoms with Crippen molar-refractivity contribution < 1.29 is 9.53 Å². The van der Waals surface area contributed by atoms with Crippen molar-refractivity contribution in [2.45, 2.75) is 32.7 Å². The number of rotatable bonds is 8. The summed E-state index contributed by atoms with van der Waals surface area (Å²) in [7, 11) is 0. The highest BCUT2D eigenvalue weighted by Crippen LogP contribution is 2.18. The van der Waals surface area contributed by atoms with E-state index in [9.17, 15) is 4.79 Å². The van der Waals surface area contributed by atoms with Gasteiger partial charge in [-0.25, -0.2) is 0 Å². The molecule has 0 aliphatic rings. The van der Waals surface area contributed by atoms with Gasteiger partial charge in [-0.1, -0.05) is 26.0 Å². The molecule has 0 bridgehead atoms. The first-order chi connectivity index (χ1) is 8.69. The van der Waals surface area contributed by atoms with E-state index in [1.165, 1.54) is 0 Å². The van der Waals surface area contributed by atoms with Gasteiger partial charge in [-0.05, 0) is 37.1 Å². The molecule has 4 nitrogen and oxygen atoms in total. The summed E-state index contributed by atoms with van der Waals surface area (Å²) in [4.78, 5) is 11.4. The first-order valence-corrected chi connectivity index (χ1v) is 6.44. The number of carbonyl (C=O) groups is 1. The Morgan fingerprint density at radius 1 is 1.28 bits per heavy atom. The maximum atomic E-state index is 11.4. The standard InChI is InChI=1S/C14H22N2O2/c1-3-9-16-13(14(15)17)11-5-7-12(8-6-11)18-10-4-2/h5-8,13,16H,3-4,9-10H2,1-2H3,(H2,15,17). The highest BCUT2D eigenvalue weighted by molar-refractivity contribution is 5.81. The monoisotopic (exact) mass is 250 g/mol. The molecule has 0 heterocycles. The van der Waals surface area contributed by atoms with Crippen LogP contribution in [-0.4, -0.2) is 19.1 Å². The molecule has 0 aliphatic carbocycles. The zero-order valence-corrected chi connectivity index (χ0v) is 11.1. The zero-order valence-electron chi connectivity index (χ0n) is 11.1. The summed E-state index contributed by atoms with van der Waals surface area (Å²) >= 11 is 0. The molecule has 18 heavy (non-hydrogen) atoms. The Morgan fingerprint density at radius 2 is 1.94 bits per heavy atom. The van der Waals surface area contributed by atoms with Crippen LogP contribution in [0, 0.1) is 0 Å². The van der Waals surface area contributed by atoms with Crippen molar-refractivity contribution in [3.63, 3.8) is 0 Å². The molecule has 1 unspecified atom stereocenters. The van der Waals surface area contributed by atoms with Crippen LogP contribution in [0.3, 0.4) is 0 Å². The van der Waals surface area contributed by atoms with Gasteiger partial charge in [0.25, 0.3) is 0 Å². The van der Waals surface area contributed by atoms with Crippen LogP contribution in [0.1, 0.15) is 38.3 Å². The van der Waals surface area contributed by atoms with Crippen LogP contribution >= 0.6 is 0 Å². The van der Waals surface area contributed by atoms with Crippen LogP contribution in [-0.2, 0) is 4.79 Å². The van der Waals surface area contributed by atoms with Crippen molar-refractivity contribution in [3.8, 4) is 5.75 Å². The van der Waals surface area contributed by atoms with Crippen LogP contribution in [0.2, 0.25) is 0 Å². The average molecular weight is 250 g/mol. The minimum atomic E-state index is -0.426. The predicted octanol–water partition coefficient (Wildman–Crippen LogP) is 2.00. The summed E-state index contributed by atoms with van der Waals surface area (Å²) in [6.07, 6.45) is 1.94. The fourth-order valence-electron chi connectivity index (χ4n) is 1.65. The van der Waals surface area contributed by atoms with Crippen LogP contribution in [0.25, 0.3) is 0 Å². The van der Waals surface area contributed by atoms with Crippen molar-refractivity contribution in [3.05, 3.63) is 29.8 Å². The van der Waals surface area contributed by atoms with E-state index in [1.54, 1.807) is 0 Å². The molecule has 0 saturated heterocycles. The second kappa shape index (κ2) is 7.71. The maximum absolute atomic E-state index is 11.4. The lowest BCUT2D eigenvalue weighted by atomic mass is 10.1. The van der Waals surface area contributed by atoms with Gasteiger partial charge in [0.2, 0.25) is 5.91 Å². The number of benzene rings is 1. The van der Waals surface area contributed by atoms with E-state index in [0.29, 0.717) is 6.61 Å². The Bertz CT molecular complexity index is 363. The Kier molecular flexibility index (Phi) is 6.22. The third kappa shape index (κ3) is 4.37. The molecule has 1 rings (SSSR count). The molecule has 3 N–H and O–H groups in total. The number of nitrogens with one attached hydrogen (secondary N) is 1. The quantitative estimate of drug-likeness (QED) is 0.741. The number of hydrogen-bond donors (Lipinski definition) is 2. The van der Waals surface area contributed by atoms with Crippen LogP contribution in [0.15, 0.2) is 24.3 Å². The minimum absolute atomic E-state index is 0.356.